The highest BCUT2D eigenvalue weighted by Gasteiger charge is 2.05. The minimum atomic E-state index is 0.772. The number of guanidine groups is 1. The number of thiophene rings is 1. The van der Waals surface area contributed by atoms with Gasteiger partial charge in [0, 0.05) is 29.9 Å². The molecule has 1 heterocycles. The molecular weight excluding hydrogens is 316 g/mol. The Hall–Kier alpha value is -1.85. The topological polar surface area (TPSA) is 39.7 Å². The second kappa shape index (κ2) is 9.45. The molecule has 1 aromatic carbocycles. The van der Waals surface area contributed by atoms with E-state index >= 15 is 0 Å². The van der Waals surface area contributed by atoms with Crippen LogP contribution in [0.3, 0.4) is 0 Å². The lowest BCUT2D eigenvalue weighted by atomic mass is 10.1. The van der Waals surface area contributed by atoms with Crippen LogP contribution in [0.25, 0.3) is 0 Å². The number of nitrogens with one attached hydrogen (secondary N) is 2. The maximum atomic E-state index is 4.32. The summed E-state index contributed by atoms with van der Waals surface area (Å²) in [6, 6.07) is 12.9. The van der Waals surface area contributed by atoms with Gasteiger partial charge in [0.25, 0.3) is 0 Å². The number of aryl methyl sites for hydroxylation is 1. The van der Waals surface area contributed by atoms with E-state index < -0.39 is 0 Å². The lowest BCUT2D eigenvalue weighted by Gasteiger charge is -2.16. The number of rotatable bonds is 7. The average molecular weight is 345 g/mol. The monoisotopic (exact) mass is 344 g/mol. The molecule has 0 fully saturated rings. The summed E-state index contributed by atoms with van der Waals surface area (Å²) in [4.78, 5) is 9.27. The van der Waals surface area contributed by atoms with Crippen molar-refractivity contribution >= 4 is 17.3 Å². The maximum Gasteiger partial charge on any atom is 0.191 e. The molecule has 0 aliphatic rings. The molecule has 2 aromatic rings. The van der Waals surface area contributed by atoms with Crippen molar-refractivity contribution in [3.63, 3.8) is 0 Å². The molecule has 0 radical (unpaired) electrons. The highest BCUT2D eigenvalue weighted by Crippen LogP contribution is 2.16. The molecule has 2 rings (SSSR count). The van der Waals surface area contributed by atoms with Crippen LogP contribution in [-0.2, 0) is 26.1 Å². The second-order valence-corrected chi connectivity index (χ2v) is 7.26. The van der Waals surface area contributed by atoms with Crippen molar-refractivity contribution in [2.75, 3.05) is 21.1 Å². The Kier molecular flexibility index (Phi) is 7.28. The van der Waals surface area contributed by atoms with Crippen molar-refractivity contribution in [3.8, 4) is 0 Å². The zero-order chi connectivity index (χ0) is 17.4. The summed E-state index contributed by atoms with van der Waals surface area (Å²) in [5, 5.41) is 6.81. The second-order valence-electron chi connectivity index (χ2n) is 6.01. The number of hydrogen-bond donors (Lipinski definition) is 2. The minimum absolute atomic E-state index is 0.772. The van der Waals surface area contributed by atoms with E-state index in [1.807, 2.05) is 18.4 Å². The van der Waals surface area contributed by atoms with E-state index in [2.05, 4.69) is 77.9 Å². The summed E-state index contributed by atoms with van der Waals surface area (Å²) in [6.07, 6.45) is 1.10. The van der Waals surface area contributed by atoms with Gasteiger partial charge >= 0.3 is 0 Å². The summed E-state index contributed by atoms with van der Waals surface area (Å²) in [5.74, 6) is 0.834. The van der Waals surface area contributed by atoms with E-state index in [9.17, 15) is 0 Å². The molecule has 0 unspecified atom stereocenters. The lowest BCUT2D eigenvalue weighted by Crippen LogP contribution is -2.36. The molecule has 0 bridgehead atoms. The molecule has 1 aromatic heterocycles. The Labute approximate surface area is 149 Å². The minimum Gasteiger partial charge on any atom is -0.352 e. The smallest absolute Gasteiger partial charge is 0.191 e. The molecule has 4 nitrogen and oxygen atoms in total. The van der Waals surface area contributed by atoms with Crippen LogP contribution >= 0.6 is 11.3 Å². The van der Waals surface area contributed by atoms with Crippen LogP contribution in [0.15, 0.2) is 41.4 Å². The SMILES string of the molecule is CCc1ccc(CNC(=NC)NCc2ccccc2CN(C)C)s1. The fraction of sp³-hybridized carbons (Fsp3) is 0.421. The molecule has 0 amide bonds. The molecule has 0 saturated carbocycles. The van der Waals surface area contributed by atoms with Crippen molar-refractivity contribution < 1.29 is 0 Å². The summed E-state index contributed by atoms with van der Waals surface area (Å²) in [6.45, 7) is 4.71. The van der Waals surface area contributed by atoms with Gasteiger partial charge in [-0.3, -0.25) is 4.99 Å². The van der Waals surface area contributed by atoms with Crippen molar-refractivity contribution in [1.29, 1.82) is 0 Å². The predicted molar refractivity (Wildman–Crippen MR) is 105 cm³/mol. The van der Waals surface area contributed by atoms with Crippen molar-refractivity contribution in [2.45, 2.75) is 33.0 Å². The van der Waals surface area contributed by atoms with Crippen LogP contribution in [0.5, 0.6) is 0 Å². The number of hydrogen-bond acceptors (Lipinski definition) is 3. The fourth-order valence-electron chi connectivity index (χ4n) is 2.50. The van der Waals surface area contributed by atoms with Gasteiger partial charge < -0.3 is 15.5 Å². The van der Waals surface area contributed by atoms with Crippen LogP contribution in [0, 0.1) is 0 Å². The highest BCUT2D eigenvalue weighted by molar-refractivity contribution is 7.11. The van der Waals surface area contributed by atoms with Crippen molar-refractivity contribution in [1.82, 2.24) is 15.5 Å². The maximum absolute atomic E-state index is 4.32. The number of benzene rings is 1. The Morgan fingerprint density at radius 3 is 2.29 bits per heavy atom. The summed E-state index contributed by atoms with van der Waals surface area (Å²) < 4.78 is 0. The standard InChI is InChI=1S/C19H28N4S/c1-5-17-10-11-18(24-17)13-22-19(20-2)21-12-15-8-6-7-9-16(15)14-23(3)4/h6-11H,5,12-14H2,1-4H3,(H2,20,21,22). The molecule has 0 aliphatic heterocycles. The normalized spacial score (nSPS) is 11.8. The Morgan fingerprint density at radius 1 is 1.00 bits per heavy atom. The van der Waals surface area contributed by atoms with Crippen molar-refractivity contribution in [3.05, 3.63) is 57.3 Å². The van der Waals surface area contributed by atoms with Crippen LogP contribution in [0.4, 0.5) is 0 Å². The van der Waals surface area contributed by atoms with E-state index in [4.69, 9.17) is 0 Å². The fourth-order valence-corrected chi connectivity index (χ4v) is 3.40. The van der Waals surface area contributed by atoms with E-state index in [0.29, 0.717) is 0 Å². The lowest BCUT2D eigenvalue weighted by molar-refractivity contribution is 0.400. The highest BCUT2D eigenvalue weighted by atomic mass is 32.1. The first kappa shape index (κ1) is 18.5. The molecule has 130 valence electrons. The predicted octanol–water partition coefficient (Wildman–Crippen LogP) is 3.24. The first-order valence-corrected chi connectivity index (χ1v) is 9.17. The van der Waals surface area contributed by atoms with Gasteiger partial charge in [0.15, 0.2) is 5.96 Å². The average Bonchev–Trinajstić information content (AvgIpc) is 3.04. The van der Waals surface area contributed by atoms with Crippen LogP contribution < -0.4 is 10.6 Å². The Bertz CT molecular complexity index is 661. The Balaban J connectivity index is 1.89. The molecule has 5 heteroatoms. The molecule has 0 atom stereocenters. The number of aliphatic imine (C=N–C) groups is 1. The largest absolute Gasteiger partial charge is 0.352 e. The number of nitrogens with zero attached hydrogens (tertiary/aromatic N) is 2. The van der Waals surface area contributed by atoms with Crippen LogP contribution in [0.1, 0.15) is 27.8 Å². The quantitative estimate of drug-likeness (QED) is 0.598. The summed E-state index contributed by atoms with van der Waals surface area (Å²) in [7, 11) is 6.00. The third-order valence-electron chi connectivity index (χ3n) is 3.77. The van der Waals surface area contributed by atoms with Gasteiger partial charge in [0.05, 0.1) is 6.54 Å². The van der Waals surface area contributed by atoms with Gasteiger partial charge in [-0.05, 0) is 43.8 Å². The third-order valence-corrected chi connectivity index (χ3v) is 5.00. The van der Waals surface area contributed by atoms with Gasteiger partial charge in [-0.1, -0.05) is 31.2 Å². The van der Waals surface area contributed by atoms with Gasteiger partial charge in [-0.15, -0.1) is 11.3 Å². The van der Waals surface area contributed by atoms with Gasteiger partial charge in [0.1, 0.15) is 0 Å². The van der Waals surface area contributed by atoms with Gasteiger partial charge in [-0.2, -0.15) is 0 Å². The van der Waals surface area contributed by atoms with Crippen LogP contribution in [-0.4, -0.2) is 32.0 Å². The Morgan fingerprint density at radius 2 is 1.67 bits per heavy atom. The van der Waals surface area contributed by atoms with Gasteiger partial charge in [0.2, 0.25) is 0 Å². The third kappa shape index (κ3) is 5.65. The zero-order valence-corrected chi connectivity index (χ0v) is 15.9. The summed E-state index contributed by atoms with van der Waals surface area (Å²) >= 11 is 1.86. The van der Waals surface area contributed by atoms with E-state index in [1.165, 1.54) is 20.9 Å². The van der Waals surface area contributed by atoms with E-state index in [-0.39, 0.29) is 0 Å². The molecule has 0 spiro atoms. The molecule has 0 aliphatic carbocycles. The molecule has 0 saturated heterocycles. The molecule has 2 N–H and O–H groups in total. The van der Waals surface area contributed by atoms with E-state index in [1.54, 1.807) is 0 Å². The van der Waals surface area contributed by atoms with Crippen molar-refractivity contribution in [2.24, 2.45) is 4.99 Å². The van der Waals surface area contributed by atoms with Gasteiger partial charge in [-0.25, -0.2) is 0 Å². The van der Waals surface area contributed by atoms with E-state index in [0.717, 1.165) is 32.0 Å². The van der Waals surface area contributed by atoms with Crippen LogP contribution in [0.2, 0.25) is 0 Å². The molecule has 24 heavy (non-hydrogen) atoms. The first-order chi connectivity index (χ1) is 11.6. The molecular formula is C19H28N4S. The first-order valence-electron chi connectivity index (χ1n) is 8.36. The summed E-state index contributed by atoms with van der Waals surface area (Å²) in [5.41, 5.74) is 2.65. The zero-order valence-electron chi connectivity index (χ0n) is 15.1.